The predicted molar refractivity (Wildman–Crippen MR) is 135 cm³/mol. The molecule has 2 fully saturated rings. The lowest BCUT2D eigenvalue weighted by atomic mass is 9.84. The van der Waals surface area contributed by atoms with Crippen LogP contribution in [0.15, 0.2) is 24.8 Å². The van der Waals surface area contributed by atoms with Gasteiger partial charge >= 0.3 is 6.18 Å². The highest BCUT2D eigenvalue weighted by molar-refractivity contribution is 7.15. The molecule has 38 heavy (non-hydrogen) atoms. The van der Waals surface area contributed by atoms with Crippen molar-refractivity contribution in [3.8, 4) is 27.7 Å². The summed E-state index contributed by atoms with van der Waals surface area (Å²) in [5.74, 6) is 0.764. The van der Waals surface area contributed by atoms with Gasteiger partial charge in [0.15, 0.2) is 11.4 Å². The van der Waals surface area contributed by atoms with Gasteiger partial charge in [-0.25, -0.2) is 14.5 Å². The largest absolute Gasteiger partial charge is 0.493 e. The Hall–Kier alpha value is -3.03. The SMILES string of the molecule is COc1cc(-c2[nH]nc(-c3ncc(C4CCC(N5CCOCC5)CC4)s3)c2CC(F)(F)F)cn2ncnc12. The minimum Gasteiger partial charge on any atom is -0.493 e. The fraction of sp³-hybridized carbons (Fsp3) is 0.520. The molecule has 5 heterocycles. The van der Waals surface area contributed by atoms with Crippen LogP contribution in [0.2, 0.25) is 0 Å². The van der Waals surface area contributed by atoms with Crippen LogP contribution in [0, 0.1) is 0 Å². The number of hydrogen-bond donors (Lipinski definition) is 1. The molecule has 0 amide bonds. The summed E-state index contributed by atoms with van der Waals surface area (Å²) in [4.78, 5) is 12.3. The number of alkyl halides is 3. The van der Waals surface area contributed by atoms with E-state index < -0.39 is 12.6 Å². The van der Waals surface area contributed by atoms with Gasteiger partial charge in [-0.15, -0.1) is 11.3 Å². The van der Waals surface area contributed by atoms with E-state index in [1.165, 1.54) is 29.3 Å². The van der Waals surface area contributed by atoms with E-state index in [1.54, 1.807) is 12.3 Å². The first-order valence-corrected chi connectivity index (χ1v) is 13.5. The third kappa shape index (κ3) is 5.02. The van der Waals surface area contributed by atoms with Gasteiger partial charge in [-0.3, -0.25) is 10.00 Å². The zero-order valence-corrected chi connectivity index (χ0v) is 21.7. The number of H-pyrrole nitrogens is 1. The van der Waals surface area contributed by atoms with Gasteiger partial charge in [0.2, 0.25) is 0 Å². The van der Waals surface area contributed by atoms with Crippen molar-refractivity contribution in [2.45, 2.75) is 50.2 Å². The minimum absolute atomic E-state index is 0.0518. The molecule has 0 spiro atoms. The van der Waals surface area contributed by atoms with E-state index in [1.807, 2.05) is 6.20 Å². The zero-order chi connectivity index (χ0) is 26.3. The number of nitrogens with zero attached hydrogens (tertiary/aromatic N) is 6. The van der Waals surface area contributed by atoms with Crippen LogP contribution in [-0.4, -0.2) is 80.3 Å². The Kier molecular flexibility index (Phi) is 6.82. The molecule has 1 aliphatic heterocycles. The van der Waals surface area contributed by atoms with Crippen LogP contribution in [0.3, 0.4) is 0 Å². The first kappa shape index (κ1) is 25.3. The topological polar surface area (TPSA) is 93.5 Å². The average Bonchev–Trinajstić information content (AvgIpc) is 3.67. The molecule has 0 unspecified atom stereocenters. The highest BCUT2D eigenvalue weighted by Gasteiger charge is 2.34. The zero-order valence-electron chi connectivity index (χ0n) is 20.9. The quantitative estimate of drug-likeness (QED) is 0.374. The standard InChI is InChI=1S/C25H28F3N7O2S/c1-36-19-10-16(13-35-23(19)30-14-31-35)21-18(11-25(26,27)28)22(33-32-21)24-29-12-20(38-24)15-2-4-17(5-3-15)34-6-8-37-9-7-34/h10,12-15,17H,2-9,11H2,1H3,(H,32,33). The van der Waals surface area contributed by atoms with Crippen LogP contribution in [-0.2, 0) is 11.2 Å². The van der Waals surface area contributed by atoms with Crippen molar-refractivity contribution in [1.82, 2.24) is 34.7 Å². The Morgan fingerprint density at radius 3 is 2.68 bits per heavy atom. The number of halogens is 3. The smallest absolute Gasteiger partial charge is 0.393 e. The third-order valence-electron chi connectivity index (χ3n) is 7.48. The van der Waals surface area contributed by atoms with Crippen LogP contribution in [0.5, 0.6) is 5.75 Å². The Bertz CT molecular complexity index is 1400. The second-order valence-corrected chi connectivity index (χ2v) is 10.8. The Balaban J connectivity index is 1.28. The number of morpholine rings is 1. The number of methoxy groups -OCH3 is 1. The van der Waals surface area contributed by atoms with Crippen molar-refractivity contribution < 1.29 is 22.6 Å². The number of ether oxygens (including phenoxy) is 2. The van der Waals surface area contributed by atoms with Gasteiger partial charge in [-0.05, 0) is 37.7 Å². The maximum atomic E-state index is 13.7. The average molecular weight is 548 g/mol. The molecule has 13 heteroatoms. The fourth-order valence-corrected chi connectivity index (χ4v) is 6.69. The van der Waals surface area contributed by atoms with E-state index in [2.05, 4.69) is 30.2 Å². The van der Waals surface area contributed by atoms with Crippen LogP contribution in [0.4, 0.5) is 13.2 Å². The van der Waals surface area contributed by atoms with Gasteiger partial charge in [0.1, 0.15) is 17.0 Å². The molecule has 4 aromatic rings. The van der Waals surface area contributed by atoms with Crippen molar-refractivity contribution in [2.24, 2.45) is 0 Å². The number of aromatic nitrogens is 6. The molecule has 0 radical (unpaired) electrons. The van der Waals surface area contributed by atoms with Crippen molar-refractivity contribution in [3.63, 3.8) is 0 Å². The second-order valence-electron chi connectivity index (χ2n) is 9.76. The number of pyridine rings is 1. The highest BCUT2D eigenvalue weighted by atomic mass is 32.1. The van der Waals surface area contributed by atoms with E-state index >= 15 is 0 Å². The number of rotatable bonds is 6. The van der Waals surface area contributed by atoms with Gasteiger partial charge < -0.3 is 9.47 Å². The molecule has 0 bridgehead atoms. The molecular formula is C25H28F3N7O2S. The number of fused-ring (bicyclic) bond motifs is 1. The summed E-state index contributed by atoms with van der Waals surface area (Å²) >= 11 is 1.44. The summed E-state index contributed by atoms with van der Waals surface area (Å²) < 4.78 is 53.5. The summed E-state index contributed by atoms with van der Waals surface area (Å²) in [6, 6.07) is 2.22. The lowest BCUT2D eigenvalue weighted by Gasteiger charge is -2.38. The molecule has 0 aromatic carbocycles. The van der Waals surface area contributed by atoms with Crippen LogP contribution in [0.1, 0.15) is 42.0 Å². The predicted octanol–water partition coefficient (Wildman–Crippen LogP) is 4.71. The minimum atomic E-state index is -4.42. The molecule has 6 rings (SSSR count). The monoisotopic (exact) mass is 547 g/mol. The van der Waals surface area contributed by atoms with Crippen LogP contribution < -0.4 is 4.74 Å². The van der Waals surface area contributed by atoms with Crippen LogP contribution in [0.25, 0.3) is 27.6 Å². The molecule has 1 aliphatic carbocycles. The van der Waals surface area contributed by atoms with Gasteiger partial charge in [0, 0.05) is 47.5 Å². The Morgan fingerprint density at radius 2 is 1.95 bits per heavy atom. The number of hydrogen-bond acceptors (Lipinski definition) is 8. The molecule has 0 atom stereocenters. The molecule has 1 saturated carbocycles. The molecular weight excluding hydrogens is 519 g/mol. The van der Waals surface area contributed by atoms with Crippen molar-refractivity contribution in [3.05, 3.63) is 35.2 Å². The van der Waals surface area contributed by atoms with Crippen molar-refractivity contribution in [2.75, 3.05) is 33.4 Å². The molecule has 4 aromatic heterocycles. The molecule has 2 aliphatic rings. The van der Waals surface area contributed by atoms with Crippen LogP contribution >= 0.6 is 11.3 Å². The van der Waals surface area contributed by atoms with E-state index in [0.717, 1.165) is 56.9 Å². The summed E-state index contributed by atoms with van der Waals surface area (Å²) in [6.45, 7) is 3.56. The van der Waals surface area contributed by atoms with E-state index in [9.17, 15) is 13.2 Å². The maximum absolute atomic E-state index is 13.7. The van der Waals surface area contributed by atoms with E-state index in [0.29, 0.717) is 33.9 Å². The molecule has 202 valence electrons. The Morgan fingerprint density at radius 1 is 1.16 bits per heavy atom. The first-order valence-electron chi connectivity index (χ1n) is 12.7. The van der Waals surface area contributed by atoms with Crippen molar-refractivity contribution in [1.29, 1.82) is 0 Å². The normalized spacial score (nSPS) is 21.3. The number of aromatic amines is 1. The third-order valence-corrected chi connectivity index (χ3v) is 8.65. The van der Waals surface area contributed by atoms with E-state index in [-0.39, 0.29) is 17.0 Å². The first-order chi connectivity index (χ1) is 18.4. The van der Waals surface area contributed by atoms with Gasteiger partial charge in [0.05, 0.1) is 32.4 Å². The van der Waals surface area contributed by atoms with Gasteiger partial charge in [-0.1, -0.05) is 0 Å². The molecule has 1 N–H and O–H groups in total. The highest BCUT2D eigenvalue weighted by Crippen LogP contribution is 2.42. The van der Waals surface area contributed by atoms with E-state index in [4.69, 9.17) is 9.47 Å². The fourth-order valence-electron chi connectivity index (χ4n) is 5.59. The lowest BCUT2D eigenvalue weighted by molar-refractivity contribution is -0.127. The summed E-state index contributed by atoms with van der Waals surface area (Å²) in [7, 11) is 1.48. The lowest BCUT2D eigenvalue weighted by Crippen LogP contribution is -2.44. The van der Waals surface area contributed by atoms with Gasteiger partial charge in [-0.2, -0.15) is 23.4 Å². The molecule has 1 saturated heterocycles. The number of thiazole rings is 1. The summed E-state index contributed by atoms with van der Waals surface area (Å²) in [5, 5.41) is 11.8. The summed E-state index contributed by atoms with van der Waals surface area (Å²) in [6.07, 6.45) is 3.54. The van der Waals surface area contributed by atoms with Gasteiger partial charge in [0.25, 0.3) is 0 Å². The maximum Gasteiger partial charge on any atom is 0.393 e. The molecule has 9 nitrogen and oxygen atoms in total. The summed E-state index contributed by atoms with van der Waals surface area (Å²) in [5.41, 5.74) is 1.48. The Labute approximate surface area is 221 Å². The number of nitrogens with one attached hydrogen (secondary N) is 1. The second kappa shape index (κ2) is 10.3. The van der Waals surface area contributed by atoms with Crippen molar-refractivity contribution >= 4 is 17.0 Å².